The molecule has 0 amide bonds. The molecule has 0 spiro atoms. The van der Waals surface area contributed by atoms with Crippen LogP contribution in [0.1, 0.15) is 38.4 Å². The Morgan fingerprint density at radius 1 is 1.24 bits per heavy atom. The molecule has 3 aromatic heterocycles. The van der Waals surface area contributed by atoms with Gasteiger partial charge >= 0.3 is 0 Å². The first-order valence-electron chi connectivity index (χ1n) is 12.1. The van der Waals surface area contributed by atoms with Gasteiger partial charge in [-0.05, 0) is 62.5 Å². The molecular weight excluding hydrogens is 475 g/mol. The zero-order chi connectivity index (χ0) is 26.5. The summed E-state index contributed by atoms with van der Waals surface area (Å²) >= 11 is 0. The van der Waals surface area contributed by atoms with E-state index in [0.29, 0.717) is 57.8 Å². The number of halogens is 2. The minimum absolute atomic E-state index is 0.0661. The van der Waals surface area contributed by atoms with Crippen LogP contribution < -0.4 is 10.1 Å². The second-order valence-electron chi connectivity index (χ2n) is 10.0. The summed E-state index contributed by atoms with van der Waals surface area (Å²) in [7, 11) is 17.3. The van der Waals surface area contributed by atoms with Gasteiger partial charge in [0.05, 0.1) is 28.6 Å². The molecule has 186 valence electrons. The van der Waals surface area contributed by atoms with Gasteiger partial charge in [0.15, 0.2) is 0 Å². The Morgan fingerprint density at radius 3 is 2.65 bits per heavy atom. The minimum Gasteiger partial charge on any atom is -0.500 e. The molecule has 13 heteroatoms. The van der Waals surface area contributed by atoms with Crippen molar-refractivity contribution in [3.8, 4) is 17.0 Å². The highest BCUT2D eigenvalue weighted by Crippen LogP contribution is 2.37. The molecule has 1 saturated carbocycles. The van der Waals surface area contributed by atoms with Crippen LogP contribution in [0, 0.1) is 6.92 Å². The Hall–Kier alpha value is -3.08. The zero-order valence-electron chi connectivity index (χ0n) is 20.6. The van der Waals surface area contributed by atoms with Crippen LogP contribution in [0.25, 0.3) is 33.2 Å². The van der Waals surface area contributed by atoms with Gasteiger partial charge in [0.25, 0.3) is 6.43 Å². The van der Waals surface area contributed by atoms with Crippen LogP contribution in [0.15, 0.2) is 24.4 Å². The van der Waals surface area contributed by atoms with Crippen molar-refractivity contribution in [1.82, 2.24) is 24.5 Å². The Kier molecular flexibility index (Phi) is 6.46. The quantitative estimate of drug-likeness (QED) is 0.338. The lowest BCUT2D eigenvalue weighted by Gasteiger charge is -2.33. The molecule has 1 aliphatic rings. The molecule has 1 aliphatic carbocycles. The number of hydrogen-bond acceptors (Lipinski definition) is 6. The number of imidazole rings is 1. The van der Waals surface area contributed by atoms with Gasteiger partial charge in [0.1, 0.15) is 35.0 Å². The van der Waals surface area contributed by atoms with E-state index >= 15 is 0 Å². The normalized spacial score (nSPS) is 20.6. The van der Waals surface area contributed by atoms with E-state index in [1.54, 1.807) is 25.3 Å². The van der Waals surface area contributed by atoms with Crippen molar-refractivity contribution in [3.05, 3.63) is 30.2 Å². The van der Waals surface area contributed by atoms with Crippen molar-refractivity contribution in [3.63, 3.8) is 0 Å². The molecule has 1 fully saturated rings. The molecule has 0 unspecified atom stereocenters. The van der Waals surface area contributed by atoms with Gasteiger partial charge in [-0.25, -0.2) is 13.8 Å². The van der Waals surface area contributed by atoms with Crippen molar-refractivity contribution in [2.24, 2.45) is 0 Å². The lowest BCUT2D eigenvalue weighted by molar-refractivity contribution is 0.0195. The maximum Gasteiger partial charge on any atom is 0.256 e. The second-order valence-corrected chi connectivity index (χ2v) is 10.0. The predicted octanol–water partition coefficient (Wildman–Crippen LogP) is 3.15. The van der Waals surface area contributed by atoms with Crippen LogP contribution >= 0.6 is 0 Å². The molecule has 3 heterocycles. The summed E-state index contributed by atoms with van der Waals surface area (Å²) in [6, 6.07) is 5.45. The van der Waals surface area contributed by atoms with E-state index in [4.69, 9.17) is 28.3 Å². The molecule has 3 N–H and O–H groups in total. The number of nitrogens with one attached hydrogen (secondary N) is 2. The summed E-state index contributed by atoms with van der Waals surface area (Å²) in [6.07, 6.45) is 2.02. The lowest BCUT2D eigenvalue weighted by atomic mass is 9.52. The molecule has 0 aliphatic heterocycles. The van der Waals surface area contributed by atoms with Gasteiger partial charge < -0.3 is 24.7 Å². The first-order valence-corrected chi connectivity index (χ1v) is 12.1. The van der Waals surface area contributed by atoms with Gasteiger partial charge in [0, 0.05) is 17.8 Å². The molecule has 0 saturated heterocycles. The highest BCUT2D eigenvalue weighted by molar-refractivity contribution is 6.58. The fourth-order valence-corrected chi connectivity index (χ4v) is 4.88. The van der Waals surface area contributed by atoms with E-state index in [0.717, 1.165) is 12.8 Å². The van der Waals surface area contributed by atoms with Crippen molar-refractivity contribution in [2.75, 3.05) is 5.32 Å². The third kappa shape index (κ3) is 5.46. The van der Waals surface area contributed by atoms with Crippen LogP contribution in [0.2, 0.25) is 0 Å². The monoisotopic (exact) mass is 500 g/mol. The Morgan fingerprint density at radius 2 is 1.97 bits per heavy atom. The number of anilines is 1. The van der Waals surface area contributed by atoms with E-state index in [-0.39, 0.29) is 11.9 Å². The molecule has 0 bridgehead atoms. The molecule has 6 radical (unpaired) electrons. The molecule has 0 atom stereocenters. The molecule has 1 aromatic carbocycles. The molecule has 37 heavy (non-hydrogen) atoms. The molecule has 8 nitrogen and oxygen atoms in total. The Labute approximate surface area is 216 Å². The summed E-state index contributed by atoms with van der Waals surface area (Å²) in [5, 5.41) is 12.0. The average Bonchev–Trinajstić information content (AvgIpc) is 3.35. The van der Waals surface area contributed by atoms with Crippen LogP contribution in [-0.2, 0) is 6.54 Å². The van der Waals surface area contributed by atoms with E-state index in [1.165, 1.54) is 4.57 Å². The maximum atomic E-state index is 13.2. The van der Waals surface area contributed by atoms with E-state index in [1.807, 2.05) is 13.0 Å². The standard InChI is InChI=1S/C24H25B3F2N6O2/c1-12-31-16-4-3-13(9-17(16)35(12)11-18(28)29)15-10-30-20-19(15)21(37-24(25,26)27)34-22(33-20)32-14-5-7-23(2,36)8-6-14/h3-4,9-10,14,18,36H,5-8,11H2,1-2H3,(H2,30,32,33,34). The highest BCUT2D eigenvalue weighted by atomic mass is 19.3. The molecule has 4 aromatic rings. The zero-order valence-corrected chi connectivity index (χ0v) is 20.6. The number of alkyl halides is 2. The van der Waals surface area contributed by atoms with Crippen molar-refractivity contribution >= 4 is 51.6 Å². The summed E-state index contributed by atoms with van der Waals surface area (Å²) < 4.78 is 33.5. The van der Waals surface area contributed by atoms with Crippen molar-refractivity contribution in [1.29, 1.82) is 0 Å². The third-order valence-electron chi connectivity index (χ3n) is 6.74. The number of rotatable bonds is 7. The number of aromatic nitrogens is 5. The lowest BCUT2D eigenvalue weighted by Crippen LogP contribution is -2.38. The largest absolute Gasteiger partial charge is 0.500 e. The fourth-order valence-electron chi connectivity index (χ4n) is 4.88. The van der Waals surface area contributed by atoms with Gasteiger partial charge in [-0.15, -0.1) is 0 Å². The van der Waals surface area contributed by atoms with Crippen LogP contribution in [0.3, 0.4) is 0 Å². The second kappa shape index (κ2) is 9.34. The number of aliphatic hydroxyl groups is 1. The van der Waals surface area contributed by atoms with Gasteiger partial charge in [0.2, 0.25) is 11.8 Å². The topological polar surface area (TPSA) is 101 Å². The summed E-state index contributed by atoms with van der Waals surface area (Å²) in [5.41, 5.74) is 2.32. The summed E-state index contributed by atoms with van der Waals surface area (Å²) in [4.78, 5) is 16.6. The van der Waals surface area contributed by atoms with E-state index in [2.05, 4.69) is 25.3 Å². The Balaban J connectivity index is 1.56. The predicted molar refractivity (Wildman–Crippen MR) is 140 cm³/mol. The third-order valence-corrected chi connectivity index (χ3v) is 6.74. The smallest absolute Gasteiger partial charge is 0.256 e. The number of benzene rings is 1. The average molecular weight is 500 g/mol. The van der Waals surface area contributed by atoms with Crippen LogP contribution in [0.4, 0.5) is 14.7 Å². The number of nitrogens with zero attached hydrogens (tertiary/aromatic N) is 4. The highest BCUT2D eigenvalue weighted by Gasteiger charge is 2.29. The van der Waals surface area contributed by atoms with E-state index < -0.39 is 23.9 Å². The number of ether oxygens (including phenoxy) is 1. The van der Waals surface area contributed by atoms with Crippen molar-refractivity contribution in [2.45, 2.75) is 69.4 Å². The minimum atomic E-state index is -2.52. The molecule has 5 rings (SSSR count). The number of aryl methyl sites for hydroxylation is 1. The van der Waals surface area contributed by atoms with Gasteiger partial charge in [-0.2, -0.15) is 9.97 Å². The van der Waals surface area contributed by atoms with Gasteiger partial charge in [-0.1, -0.05) is 6.07 Å². The number of aromatic amines is 1. The van der Waals surface area contributed by atoms with Crippen LogP contribution in [-0.4, -0.2) is 76.5 Å². The number of H-pyrrole nitrogens is 1. The van der Waals surface area contributed by atoms with E-state index in [9.17, 15) is 13.9 Å². The number of fused-ring (bicyclic) bond motifs is 2. The summed E-state index contributed by atoms with van der Waals surface area (Å²) in [5.74, 6) is 0.863. The first-order chi connectivity index (χ1) is 17.4. The maximum absolute atomic E-state index is 13.2. The van der Waals surface area contributed by atoms with Gasteiger partial charge in [-0.3, -0.25) is 0 Å². The Bertz CT molecular complexity index is 1440. The van der Waals surface area contributed by atoms with Crippen molar-refractivity contribution < 1.29 is 18.6 Å². The number of hydrogen-bond donors (Lipinski definition) is 3. The fraction of sp³-hybridized carbons (Fsp3) is 0.458. The SMILES string of the molecule is [B]C([B])([B])Oc1nc(NC2CCC(C)(O)CC2)nc2[nH]cc(-c3ccc4nc(C)n(CC(F)F)c4c3)c12. The molecular formula is C24H25B3F2N6O2. The van der Waals surface area contributed by atoms with Crippen LogP contribution in [0.5, 0.6) is 5.88 Å². The first kappa shape index (κ1) is 25.6. The summed E-state index contributed by atoms with van der Waals surface area (Å²) in [6.45, 7) is 3.07.